The highest BCUT2D eigenvalue weighted by Crippen LogP contribution is 2.22. The highest BCUT2D eigenvalue weighted by Gasteiger charge is 2.13. The maximum atomic E-state index is 3.56. The SMILES string of the molecule is CC(C)NCC(Cc1cccs1)c1ccccc1. The summed E-state index contributed by atoms with van der Waals surface area (Å²) in [5.74, 6) is 0.562. The van der Waals surface area contributed by atoms with Gasteiger partial charge in [-0.25, -0.2) is 0 Å². The van der Waals surface area contributed by atoms with Gasteiger partial charge in [-0.2, -0.15) is 0 Å². The topological polar surface area (TPSA) is 12.0 Å². The van der Waals surface area contributed by atoms with Gasteiger partial charge in [-0.3, -0.25) is 0 Å². The van der Waals surface area contributed by atoms with Gasteiger partial charge in [-0.05, 0) is 23.4 Å². The molecule has 0 aliphatic rings. The Hall–Kier alpha value is -1.12. The summed E-state index contributed by atoms with van der Waals surface area (Å²) in [4.78, 5) is 1.47. The Morgan fingerprint density at radius 2 is 1.83 bits per heavy atom. The normalized spacial score (nSPS) is 12.8. The lowest BCUT2D eigenvalue weighted by Gasteiger charge is -2.19. The largest absolute Gasteiger partial charge is 0.314 e. The molecule has 2 heteroatoms. The number of nitrogens with one attached hydrogen (secondary N) is 1. The van der Waals surface area contributed by atoms with Gasteiger partial charge in [-0.15, -0.1) is 11.3 Å². The van der Waals surface area contributed by atoms with E-state index in [9.17, 15) is 0 Å². The second-order valence-corrected chi connectivity index (χ2v) is 5.99. The lowest BCUT2D eigenvalue weighted by Crippen LogP contribution is -2.28. The second-order valence-electron chi connectivity index (χ2n) is 4.95. The first-order chi connectivity index (χ1) is 8.75. The molecule has 2 rings (SSSR count). The van der Waals surface area contributed by atoms with Crippen molar-refractivity contribution in [2.24, 2.45) is 0 Å². The third-order valence-electron chi connectivity index (χ3n) is 3.07. The average Bonchev–Trinajstić information content (AvgIpc) is 2.88. The molecule has 0 spiro atoms. The average molecular weight is 259 g/mol. The summed E-state index contributed by atoms with van der Waals surface area (Å²) < 4.78 is 0. The van der Waals surface area contributed by atoms with Crippen molar-refractivity contribution in [2.75, 3.05) is 6.54 Å². The summed E-state index contributed by atoms with van der Waals surface area (Å²) in [5, 5.41) is 5.72. The molecule has 1 aromatic heterocycles. The predicted octanol–water partition coefficient (Wildman–Crippen LogP) is 4.07. The van der Waals surface area contributed by atoms with Gasteiger partial charge in [0, 0.05) is 23.4 Å². The molecule has 96 valence electrons. The van der Waals surface area contributed by atoms with Crippen molar-refractivity contribution in [3.8, 4) is 0 Å². The van der Waals surface area contributed by atoms with Crippen molar-refractivity contribution < 1.29 is 0 Å². The third-order valence-corrected chi connectivity index (χ3v) is 3.97. The number of hydrogen-bond donors (Lipinski definition) is 1. The third kappa shape index (κ3) is 3.97. The van der Waals surface area contributed by atoms with E-state index >= 15 is 0 Å². The Bertz CT molecular complexity index is 433. The van der Waals surface area contributed by atoms with Gasteiger partial charge in [0.2, 0.25) is 0 Å². The summed E-state index contributed by atoms with van der Waals surface area (Å²) in [7, 11) is 0. The molecule has 0 saturated heterocycles. The van der Waals surface area contributed by atoms with Gasteiger partial charge in [0.05, 0.1) is 0 Å². The fourth-order valence-corrected chi connectivity index (χ4v) is 2.87. The van der Waals surface area contributed by atoms with E-state index in [4.69, 9.17) is 0 Å². The van der Waals surface area contributed by atoms with Gasteiger partial charge < -0.3 is 5.32 Å². The van der Waals surface area contributed by atoms with E-state index in [0.29, 0.717) is 12.0 Å². The van der Waals surface area contributed by atoms with Gasteiger partial charge in [0.25, 0.3) is 0 Å². The van der Waals surface area contributed by atoms with Crippen LogP contribution >= 0.6 is 11.3 Å². The van der Waals surface area contributed by atoms with E-state index in [-0.39, 0.29) is 0 Å². The molecule has 0 aliphatic carbocycles. The van der Waals surface area contributed by atoms with Crippen molar-refractivity contribution in [2.45, 2.75) is 32.2 Å². The monoisotopic (exact) mass is 259 g/mol. The van der Waals surface area contributed by atoms with Crippen molar-refractivity contribution >= 4 is 11.3 Å². The molecule has 1 aromatic carbocycles. The smallest absolute Gasteiger partial charge is 0.00517 e. The van der Waals surface area contributed by atoms with Crippen LogP contribution in [0, 0.1) is 0 Å². The molecule has 1 heterocycles. The second kappa shape index (κ2) is 6.72. The summed E-state index contributed by atoms with van der Waals surface area (Å²) >= 11 is 1.85. The minimum Gasteiger partial charge on any atom is -0.314 e. The van der Waals surface area contributed by atoms with E-state index in [0.717, 1.165) is 13.0 Å². The summed E-state index contributed by atoms with van der Waals surface area (Å²) in [5.41, 5.74) is 1.43. The molecule has 0 amide bonds. The van der Waals surface area contributed by atoms with Crippen LogP contribution in [0.25, 0.3) is 0 Å². The Balaban J connectivity index is 2.07. The Labute approximate surface area is 114 Å². The summed E-state index contributed by atoms with van der Waals surface area (Å²) in [6.45, 7) is 5.44. The van der Waals surface area contributed by atoms with E-state index in [1.54, 1.807) is 0 Å². The Kier molecular flexibility index (Phi) is 4.97. The van der Waals surface area contributed by atoms with Crippen LogP contribution in [0.15, 0.2) is 47.8 Å². The fourth-order valence-electron chi connectivity index (χ4n) is 2.08. The van der Waals surface area contributed by atoms with Crippen LogP contribution in [0.3, 0.4) is 0 Å². The number of hydrogen-bond acceptors (Lipinski definition) is 2. The van der Waals surface area contributed by atoms with Crippen LogP contribution in [0.4, 0.5) is 0 Å². The van der Waals surface area contributed by atoms with Gasteiger partial charge >= 0.3 is 0 Å². The van der Waals surface area contributed by atoms with E-state index in [1.807, 2.05) is 11.3 Å². The van der Waals surface area contributed by atoms with E-state index in [2.05, 4.69) is 67.0 Å². The van der Waals surface area contributed by atoms with Crippen LogP contribution in [-0.4, -0.2) is 12.6 Å². The molecule has 0 radical (unpaired) electrons. The van der Waals surface area contributed by atoms with Crippen molar-refractivity contribution in [3.05, 3.63) is 58.3 Å². The Morgan fingerprint density at radius 3 is 2.44 bits per heavy atom. The zero-order chi connectivity index (χ0) is 12.8. The summed E-state index contributed by atoms with van der Waals surface area (Å²) in [6, 6.07) is 15.7. The maximum absolute atomic E-state index is 3.56. The molecule has 18 heavy (non-hydrogen) atoms. The number of thiophene rings is 1. The molecule has 0 bridgehead atoms. The van der Waals surface area contributed by atoms with E-state index < -0.39 is 0 Å². The zero-order valence-electron chi connectivity index (χ0n) is 11.1. The number of benzene rings is 1. The molecule has 1 atom stereocenters. The molecule has 2 aromatic rings. The molecule has 1 unspecified atom stereocenters. The Morgan fingerprint density at radius 1 is 1.06 bits per heavy atom. The molecule has 0 saturated carbocycles. The molecular formula is C16H21NS. The highest BCUT2D eigenvalue weighted by molar-refractivity contribution is 7.09. The lowest BCUT2D eigenvalue weighted by molar-refractivity contribution is 0.528. The first kappa shape index (κ1) is 13.3. The van der Waals surface area contributed by atoms with Crippen LogP contribution in [0.5, 0.6) is 0 Å². The molecule has 1 N–H and O–H groups in total. The highest BCUT2D eigenvalue weighted by atomic mass is 32.1. The summed E-state index contributed by atoms with van der Waals surface area (Å²) in [6.07, 6.45) is 1.13. The minimum absolute atomic E-state index is 0.541. The van der Waals surface area contributed by atoms with Gasteiger partial charge in [0.15, 0.2) is 0 Å². The van der Waals surface area contributed by atoms with Crippen LogP contribution in [0.2, 0.25) is 0 Å². The standard InChI is InChI=1S/C16H21NS/c1-13(2)17-12-15(11-16-9-6-10-18-16)14-7-4-3-5-8-14/h3-10,13,15,17H,11-12H2,1-2H3. The predicted molar refractivity (Wildman–Crippen MR) is 80.3 cm³/mol. The zero-order valence-corrected chi connectivity index (χ0v) is 11.9. The first-order valence-corrected chi connectivity index (χ1v) is 7.44. The van der Waals surface area contributed by atoms with Gasteiger partial charge in [-0.1, -0.05) is 50.2 Å². The quantitative estimate of drug-likeness (QED) is 0.824. The maximum Gasteiger partial charge on any atom is 0.00517 e. The van der Waals surface area contributed by atoms with Crippen LogP contribution < -0.4 is 5.32 Å². The van der Waals surface area contributed by atoms with Crippen molar-refractivity contribution in [1.29, 1.82) is 0 Å². The van der Waals surface area contributed by atoms with Gasteiger partial charge in [0.1, 0.15) is 0 Å². The van der Waals surface area contributed by atoms with Crippen LogP contribution in [-0.2, 0) is 6.42 Å². The van der Waals surface area contributed by atoms with Crippen molar-refractivity contribution in [1.82, 2.24) is 5.32 Å². The van der Waals surface area contributed by atoms with Crippen LogP contribution in [0.1, 0.15) is 30.2 Å². The first-order valence-electron chi connectivity index (χ1n) is 6.56. The molecule has 0 fully saturated rings. The minimum atomic E-state index is 0.541. The molecule has 1 nitrogen and oxygen atoms in total. The molecule has 0 aliphatic heterocycles. The molecular weight excluding hydrogens is 238 g/mol. The van der Waals surface area contributed by atoms with Crippen molar-refractivity contribution in [3.63, 3.8) is 0 Å². The fraction of sp³-hybridized carbons (Fsp3) is 0.375. The lowest BCUT2D eigenvalue weighted by atomic mass is 9.94. The van der Waals surface area contributed by atoms with E-state index in [1.165, 1.54) is 10.4 Å². The number of rotatable bonds is 6.